The molecule has 0 saturated heterocycles. The molecule has 0 aliphatic rings. The van der Waals surface area contributed by atoms with E-state index in [-0.39, 0.29) is 10.7 Å². The Morgan fingerprint density at radius 3 is 2.65 bits per heavy atom. The van der Waals surface area contributed by atoms with Crippen LogP contribution < -0.4 is 16.4 Å². The van der Waals surface area contributed by atoms with E-state index in [9.17, 15) is 13.2 Å². The van der Waals surface area contributed by atoms with E-state index >= 15 is 0 Å². The fourth-order valence-corrected chi connectivity index (χ4v) is 3.83. The van der Waals surface area contributed by atoms with Crippen molar-refractivity contribution in [2.24, 2.45) is 5.73 Å². The highest BCUT2D eigenvalue weighted by Gasteiger charge is 2.12. The molecule has 0 radical (unpaired) electrons. The van der Waals surface area contributed by atoms with E-state index < -0.39 is 15.9 Å². The third kappa shape index (κ3) is 3.98. The van der Waals surface area contributed by atoms with Crippen molar-refractivity contribution < 1.29 is 13.2 Å². The number of rotatable bonds is 4. The number of hydrogen-bond acceptors (Lipinski definition) is 6. The summed E-state index contributed by atoms with van der Waals surface area (Å²) in [5.41, 5.74) is 7.00. The zero-order valence-electron chi connectivity index (χ0n) is 13.6. The van der Waals surface area contributed by atoms with E-state index in [2.05, 4.69) is 15.6 Å². The molecule has 2 amide bonds. The number of hydrogen-bond donors (Lipinski definition) is 4. The van der Waals surface area contributed by atoms with Crippen molar-refractivity contribution in [3.63, 3.8) is 0 Å². The molecular weight excluding hydrogens is 374 g/mol. The van der Waals surface area contributed by atoms with Crippen LogP contribution in [0, 0.1) is 5.41 Å². The molecule has 0 saturated carbocycles. The number of carbonyl (C=O) groups excluding carboxylic acids is 1. The van der Waals surface area contributed by atoms with Crippen molar-refractivity contribution in [2.75, 3.05) is 16.9 Å². The van der Waals surface area contributed by atoms with Crippen LogP contribution in [0.25, 0.3) is 10.2 Å². The molecule has 5 N–H and O–H groups in total. The first-order chi connectivity index (χ1) is 12.2. The quantitative estimate of drug-likeness (QED) is 0.401. The standard InChI is InChI=1S/C16H15N5O3S2/c1-26(23,24)11-5-6-12-13(8-11)25-16(20-12)21-15(22)19-10-4-2-3-9(7-10)14(17)18/h2-8H,1H3,(H3,17,18)(H2,19,20,21,22). The number of amidine groups is 1. The van der Waals surface area contributed by atoms with Crippen LogP contribution >= 0.6 is 11.3 Å². The molecule has 0 aliphatic carbocycles. The summed E-state index contributed by atoms with van der Waals surface area (Å²) in [6, 6.07) is 10.7. The molecular formula is C16H15N5O3S2. The summed E-state index contributed by atoms with van der Waals surface area (Å²) in [7, 11) is -3.31. The Bertz CT molecular complexity index is 1120. The maximum Gasteiger partial charge on any atom is 0.325 e. The SMILES string of the molecule is CS(=O)(=O)c1ccc2nc(NC(=O)Nc3cccc(C(=N)N)c3)sc2c1. The number of fused-ring (bicyclic) bond motifs is 1. The predicted octanol–water partition coefficient (Wildman–Crippen LogP) is 2.63. The summed E-state index contributed by atoms with van der Waals surface area (Å²) < 4.78 is 23.9. The van der Waals surface area contributed by atoms with Crippen LogP contribution in [0.3, 0.4) is 0 Å². The zero-order valence-corrected chi connectivity index (χ0v) is 15.2. The molecule has 0 bridgehead atoms. The second-order valence-corrected chi connectivity index (χ2v) is 8.54. The number of urea groups is 1. The minimum atomic E-state index is -3.31. The normalized spacial score (nSPS) is 11.3. The molecule has 26 heavy (non-hydrogen) atoms. The van der Waals surface area contributed by atoms with Gasteiger partial charge in [0.25, 0.3) is 0 Å². The first-order valence-electron chi connectivity index (χ1n) is 7.35. The summed E-state index contributed by atoms with van der Waals surface area (Å²) >= 11 is 1.17. The number of sulfone groups is 1. The fraction of sp³-hybridized carbons (Fsp3) is 0.0625. The van der Waals surface area contributed by atoms with Crippen molar-refractivity contribution in [1.29, 1.82) is 5.41 Å². The number of nitrogens with zero attached hydrogens (tertiary/aromatic N) is 1. The van der Waals surface area contributed by atoms with Crippen LogP contribution in [0.4, 0.5) is 15.6 Å². The van der Waals surface area contributed by atoms with Crippen molar-refractivity contribution in [3.05, 3.63) is 48.0 Å². The first kappa shape index (κ1) is 17.8. The number of thiazole rings is 1. The van der Waals surface area contributed by atoms with Crippen LogP contribution in [0.1, 0.15) is 5.56 Å². The lowest BCUT2D eigenvalue weighted by Gasteiger charge is -2.06. The van der Waals surface area contributed by atoms with E-state index in [1.807, 2.05) is 0 Å². The zero-order chi connectivity index (χ0) is 18.9. The molecule has 1 heterocycles. The van der Waals surface area contributed by atoms with Crippen LogP contribution in [0.2, 0.25) is 0 Å². The van der Waals surface area contributed by atoms with Gasteiger partial charge in [-0.15, -0.1) is 0 Å². The minimum absolute atomic E-state index is 0.0955. The van der Waals surface area contributed by atoms with Gasteiger partial charge in [0.2, 0.25) is 0 Å². The smallest absolute Gasteiger partial charge is 0.325 e. The maximum atomic E-state index is 12.1. The molecule has 2 aromatic carbocycles. The van der Waals surface area contributed by atoms with Gasteiger partial charge >= 0.3 is 6.03 Å². The summed E-state index contributed by atoms with van der Waals surface area (Å²) in [5, 5.41) is 13.0. The number of benzene rings is 2. The lowest BCUT2D eigenvalue weighted by atomic mass is 10.2. The Balaban J connectivity index is 1.77. The first-order valence-corrected chi connectivity index (χ1v) is 10.1. The highest BCUT2D eigenvalue weighted by molar-refractivity contribution is 7.90. The van der Waals surface area contributed by atoms with E-state index in [1.165, 1.54) is 23.5 Å². The Morgan fingerprint density at radius 1 is 1.19 bits per heavy atom. The van der Waals surface area contributed by atoms with Gasteiger partial charge in [-0.25, -0.2) is 18.2 Å². The van der Waals surface area contributed by atoms with Gasteiger partial charge in [-0.2, -0.15) is 0 Å². The van der Waals surface area contributed by atoms with Crippen LogP contribution in [-0.4, -0.2) is 31.5 Å². The largest absolute Gasteiger partial charge is 0.384 e. The molecule has 0 aliphatic heterocycles. The summed E-state index contributed by atoms with van der Waals surface area (Å²) in [6.07, 6.45) is 1.14. The Labute approximate surface area is 153 Å². The number of nitrogen functional groups attached to an aromatic ring is 1. The number of aromatic nitrogens is 1. The van der Waals surface area contributed by atoms with E-state index in [4.69, 9.17) is 11.1 Å². The molecule has 3 aromatic rings. The second kappa shape index (κ2) is 6.73. The van der Waals surface area contributed by atoms with E-state index in [0.29, 0.717) is 26.6 Å². The molecule has 1 aromatic heterocycles. The topological polar surface area (TPSA) is 138 Å². The van der Waals surface area contributed by atoms with Crippen LogP contribution in [-0.2, 0) is 9.84 Å². The summed E-state index contributed by atoms with van der Waals surface area (Å²) in [6.45, 7) is 0. The monoisotopic (exact) mass is 389 g/mol. The lowest BCUT2D eigenvalue weighted by Crippen LogP contribution is -2.19. The number of amides is 2. The fourth-order valence-electron chi connectivity index (χ4n) is 2.21. The third-order valence-corrected chi connectivity index (χ3v) is 5.48. The Hall–Kier alpha value is -2.98. The van der Waals surface area contributed by atoms with Crippen molar-refractivity contribution in [3.8, 4) is 0 Å². The van der Waals surface area contributed by atoms with Gasteiger partial charge in [-0.1, -0.05) is 23.5 Å². The molecule has 0 unspecified atom stereocenters. The second-order valence-electron chi connectivity index (χ2n) is 5.49. The highest BCUT2D eigenvalue weighted by Crippen LogP contribution is 2.28. The van der Waals surface area contributed by atoms with Crippen LogP contribution in [0.5, 0.6) is 0 Å². The number of nitrogens with two attached hydrogens (primary N) is 1. The van der Waals surface area contributed by atoms with Gasteiger partial charge in [0.05, 0.1) is 15.1 Å². The molecule has 0 fully saturated rings. The predicted molar refractivity (Wildman–Crippen MR) is 103 cm³/mol. The van der Waals surface area contributed by atoms with Gasteiger partial charge < -0.3 is 11.1 Å². The van der Waals surface area contributed by atoms with Gasteiger partial charge in [-0.3, -0.25) is 10.7 Å². The van der Waals surface area contributed by atoms with Gasteiger partial charge in [0, 0.05) is 17.5 Å². The molecule has 3 rings (SSSR count). The number of anilines is 2. The van der Waals surface area contributed by atoms with Gasteiger partial charge in [-0.05, 0) is 30.3 Å². The number of carbonyl (C=O) groups is 1. The lowest BCUT2D eigenvalue weighted by molar-refractivity contribution is 0.262. The third-order valence-electron chi connectivity index (χ3n) is 3.44. The van der Waals surface area contributed by atoms with Crippen LogP contribution in [0.15, 0.2) is 47.4 Å². The van der Waals surface area contributed by atoms with E-state index in [1.54, 1.807) is 30.3 Å². The summed E-state index contributed by atoms with van der Waals surface area (Å²) in [5.74, 6) is -0.0955. The average Bonchev–Trinajstić information content (AvgIpc) is 2.95. The van der Waals surface area contributed by atoms with Crippen molar-refractivity contribution >= 4 is 54.1 Å². The maximum absolute atomic E-state index is 12.1. The Kier molecular flexibility index (Phi) is 4.62. The van der Waals surface area contributed by atoms with Crippen molar-refractivity contribution in [1.82, 2.24) is 4.98 Å². The molecule has 0 spiro atoms. The van der Waals surface area contributed by atoms with E-state index in [0.717, 1.165) is 6.26 Å². The molecule has 8 nitrogen and oxygen atoms in total. The highest BCUT2D eigenvalue weighted by atomic mass is 32.2. The molecule has 0 atom stereocenters. The summed E-state index contributed by atoms with van der Waals surface area (Å²) in [4.78, 5) is 16.6. The Morgan fingerprint density at radius 2 is 1.96 bits per heavy atom. The number of nitrogens with one attached hydrogen (secondary N) is 3. The van der Waals surface area contributed by atoms with Crippen molar-refractivity contribution in [2.45, 2.75) is 4.90 Å². The average molecular weight is 389 g/mol. The van der Waals surface area contributed by atoms with Gasteiger partial charge in [0.15, 0.2) is 15.0 Å². The molecule has 10 heteroatoms. The minimum Gasteiger partial charge on any atom is -0.384 e. The molecule has 134 valence electrons. The van der Waals surface area contributed by atoms with Gasteiger partial charge in [0.1, 0.15) is 5.84 Å².